The second-order valence-corrected chi connectivity index (χ2v) is 19.2. The van der Waals surface area contributed by atoms with Crippen LogP contribution in [-0.2, 0) is 0 Å². The molecule has 11 heteroatoms. The van der Waals surface area contributed by atoms with Gasteiger partial charge >= 0.3 is 13.7 Å². The van der Waals surface area contributed by atoms with Crippen LogP contribution in [0, 0.1) is 22.7 Å². The maximum Gasteiger partial charge on any atom is 0.328 e. The van der Waals surface area contributed by atoms with Crippen LogP contribution in [0.4, 0.5) is 0 Å². The number of para-hydroxylation sites is 3. The number of nitriles is 2. The van der Waals surface area contributed by atoms with E-state index in [0.717, 1.165) is 74.1 Å². The summed E-state index contributed by atoms with van der Waals surface area (Å²) in [4.78, 5) is 5.11. The van der Waals surface area contributed by atoms with Gasteiger partial charge < -0.3 is 27.3 Å². The third-order valence-electron chi connectivity index (χ3n) is 14.2. The molecule has 4 aromatic heterocycles. The molecule has 0 spiro atoms. The number of ether oxygens (including phenoxy) is 2. The molecule has 78 heavy (non-hydrogen) atoms. The van der Waals surface area contributed by atoms with Crippen molar-refractivity contribution in [1.82, 2.24) is 13.9 Å². The number of oxazole rings is 1. The van der Waals surface area contributed by atoms with Crippen molar-refractivity contribution in [1.29, 1.82) is 10.5 Å². The average molecular weight is 1010 g/mol. The Balaban J connectivity index is 1.42. The van der Waals surface area contributed by atoms with Crippen molar-refractivity contribution in [2.75, 3.05) is 13.2 Å². The number of aromatic nitrogens is 3. The fourth-order valence-electron chi connectivity index (χ4n) is 10.9. The second kappa shape index (κ2) is 21.7. The Morgan fingerprint density at radius 3 is 1.31 bits per heavy atom. The lowest BCUT2D eigenvalue weighted by Crippen LogP contribution is -2.54. The first-order valence-electron chi connectivity index (χ1n) is 26.4. The van der Waals surface area contributed by atoms with Crippen LogP contribution in [-0.4, -0.2) is 40.8 Å². The number of hydrogen-bond donors (Lipinski definition) is 0. The van der Waals surface area contributed by atoms with Gasteiger partial charge in [0.05, 0.1) is 23.9 Å². The highest BCUT2D eigenvalue weighted by Crippen LogP contribution is 2.38. The molecule has 4 heterocycles. The molecule has 0 atom stereocenters. The van der Waals surface area contributed by atoms with Crippen molar-refractivity contribution in [3.63, 3.8) is 0 Å². The van der Waals surface area contributed by atoms with Gasteiger partial charge in [-0.05, 0) is 96.8 Å². The Bertz CT molecular complexity index is 3880. The van der Waals surface area contributed by atoms with Gasteiger partial charge in [-0.1, -0.05) is 187 Å². The van der Waals surface area contributed by atoms with E-state index in [1.165, 1.54) is 0 Å². The van der Waals surface area contributed by atoms with Crippen LogP contribution < -0.4 is 42.0 Å². The maximum atomic E-state index is 12.2. The first-order valence-corrected chi connectivity index (χ1v) is 26.4. The molecule has 0 aliphatic carbocycles. The summed E-state index contributed by atoms with van der Waals surface area (Å²) in [6, 6.07) is 80.6. The third kappa shape index (κ3) is 9.01. The monoisotopic (exact) mass is 1010 g/mol. The zero-order valence-electron chi connectivity index (χ0n) is 43.2. The molecule has 0 bridgehead atoms. The fraction of sp³-hybridized carbons (Fsp3) is 0.0896. The Morgan fingerprint density at radius 2 is 0.885 bits per heavy atom. The fourth-order valence-corrected chi connectivity index (χ4v) is 10.9. The van der Waals surface area contributed by atoms with Crippen molar-refractivity contribution in [2.45, 2.75) is 26.7 Å². The lowest BCUT2D eigenvalue weighted by atomic mass is 9.50. The summed E-state index contributed by atoms with van der Waals surface area (Å²) in [5.41, 5.74) is 9.26. The number of furan rings is 1. The Kier molecular flexibility index (Phi) is 13.6. The van der Waals surface area contributed by atoms with Gasteiger partial charge in [-0.25, -0.2) is 4.98 Å². The number of rotatable bonds is 16. The molecule has 0 saturated heterocycles. The Labute approximate surface area is 453 Å². The zero-order chi connectivity index (χ0) is 53.0. The average Bonchev–Trinajstić information content (AvgIpc) is 4.23. The molecule has 0 N–H and O–H groups in total. The predicted molar refractivity (Wildman–Crippen MR) is 315 cm³/mol. The first-order chi connectivity index (χ1) is 38.6. The minimum atomic E-state index is -0.566. The lowest BCUT2D eigenvalue weighted by molar-refractivity contribution is 0.317. The highest BCUT2D eigenvalue weighted by molar-refractivity contribution is 6.85. The largest absolute Gasteiger partial charge is 0.494 e. The van der Waals surface area contributed by atoms with Crippen LogP contribution in [0.25, 0.3) is 66.5 Å². The topological polar surface area (TPSA) is 115 Å². The molecule has 12 aromatic rings. The van der Waals surface area contributed by atoms with Gasteiger partial charge in [0, 0.05) is 27.5 Å². The lowest BCUT2D eigenvalue weighted by Gasteiger charge is -2.24. The van der Waals surface area contributed by atoms with Crippen LogP contribution in [0.2, 0.25) is 0 Å². The van der Waals surface area contributed by atoms with Gasteiger partial charge in [0.2, 0.25) is 5.89 Å². The van der Waals surface area contributed by atoms with E-state index in [1.54, 1.807) is 0 Å². The van der Waals surface area contributed by atoms with Crippen LogP contribution in [0.15, 0.2) is 233 Å². The molecule has 0 amide bonds. The third-order valence-corrected chi connectivity index (χ3v) is 14.2. The molecule has 0 radical (unpaired) electrons. The van der Waals surface area contributed by atoms with Crippen LogP contribution in [0.5, 0.6) is 11.5 Å². The summed E-state index contributed by atoms with van der Waals surface area (Å²) < 4.78 is 30.7. The maximum absolute atomic E-state index is 12.2. The van der Waals surface area contributed by atoms with Crippen molar-refractivity contribution in [3.8, 4) is 46.2 Å². The summed E-state index contributed by atoms with van der Waals surface area (Å²) in [5, 5.41) is 27.8. The molecule has 0 aliphatic heterocycles. The molecule has 0 unspecified atom stereocenters. The first kappa shape index (κ1) is 48.9. The van der Waals surface area contributed by atoms with Gasteiger partial charge in [0.1, 0.15) is 51.6 Å². The standard InChI is InChI=1S/C67H51B2N5O4/c1-3-41-75-53-37-33-46(34-38-53)63-61-62(66(56(45-71)67-72-57-30-18-20-32-59(57)78-67)74(63)69(51-26-13-7-14-27-51)52-28-15-8-16-29-52)64(47-35-39-54(40-36-47)76-42-4-2)73(68(49-22-9-5-10-23-49)50-24-11-6-12-25-50)65(61)55(44-70)60-43-48-21-17-19-31-58(48)77-60/h5-40,43H,3-4,41-42H2,1-2H3/b65-55-,66-56-. The van der Waals surface area contributed by atoms with Crippen molar-refractivity contribution >= 4 is 79.5 Å². The van der Waals surface area contributed by atoms with Crippen LogP contribution in [0.1, 0.15) is 38.3 Å². The van der Waals surface area contributed by atoms with Crippen molar-refractivity contribution in [2.24, 2.45) is 0 Å². The minimum absolute atomic E-state index is 0.155. The number of hydrogen-bond acceptors (Lipinski definition) is 7. The van der Waals surface area contributed by atoms with Crippen LogP contribution >= 0.6 is 0 Å². The van der Waals surface area contributed by atoms with E-state index in [9.17, 15) is 10.5 Å². The molecule has 9 nitrogen and oxygen atoms in total. The smallest absolute Gasteiger partial charge is 0.328 e. The Morgan fingerprint density at radius 1 is 0.474 bits per heavy atom. The van der Waals surface area contributed by atoms with Crippen LogP contribution in [0.3, 0.4) is 0 Å². The molecular weight excluding hydrogens is 960 g/mol. The number of benzene rings is 8. The van der Waals surface area contributed by atoms with Gasteiger partial charge in [-0.3, -0.25) is 0 Å². The van der Waals surface area contributed by atoms with Crippen molar-refractivity contribution in [3.05, 3.63) is 247 Å². The van der Waals surface area contributed by atoms with Gasteiger partial charge in [0.25, 0.3) is 0 Å². The normalized spacial score (nSPS) is 12.1. The highest BCUT2D eigenvalue weighted by atomic mass is 16.5. The van der Waals surface area contributed by atoms with E-state index in [4.69, 9.17) is 23.3 Å². The van der Waals surface area contributed by atoms with E-state index >= 15 is 0 Å². The van der Waals surface area contributed by atoms with Gasteiger partial charge in [-0.15, -0.1) is 0 Å². The summed E-state index contributed by atoms with van der Waals surface area (Å²) in [5.74, 6) is 1.99. The number of nitrogens with zero attached hydrogens (tertiary/aromatic N) is 5. The summed E-state index contributed by atoms with van der Waals surface area (Å²) in [6.45, 7) is 4.16. The van der Waals surface area contributed by atoms with E-state index in [2.05, 4.69) is 108 Å². The predicted octanol–water partition coefficient (Wildman–Crippen LogP) is 11.0. The molecule has 8 aromatic carbocycles. The quantitative estimate of drug-likeness (QED) is 0.0885. The molecule has 12 rings (SSSR count). The minimum Gasteiger partial charge on any atom is -0.494 e. The molecule has 0 aliphatic rings. The van der Waals surface area contributed by atoms with E-state index in [0.29, 0.717) is 62.7 Å². The molecule has 374 valence electrons. The zero-order valence-corrected chi connectivity index (χ0v) is 43.2. The second-order valence-electron chi connectivity index (χ2n) is 19.2. The van der Waals surface area contributed by atoms with E-state index < -0.39 is 13.7 Å². The summed E-state index contributed by atoms with van der Waals surface area (Å²) in [7, 11) is 0. The molecule has 0 fully saturated rings. The van der Waals surface area contributed by atoms with Crippen molar-refractivity contribution < 1.29 is 18.3 Å². The SMILES string of the molecule is CCCOc1ccc(-c2c3/c(=C(\C#N)c4nc5ccccc5o4)n(B(c4ccccc4)c4ccccc4)c(-c4ccc(OCCC)cc4)c3/c(=C(\C#N)c3cc4ccccc4o3)n2B(c2ccccc2)c2ccccc2)cc1. The molecular formula is C67H51B2N5O4. The number of fused-ring (bicyclic) bond motifs is 3. The van der Waals surface area contributed by atoms with Gasteiger partial charge in [-0.2, -0.15) is 10.5 Å². The van der Waals surface area contributed by atoms with E-state index in [-0.39, 0.29) is 11.5 Å². The Hall–Kier alpha value is -9.96. The van der Waals surface area contributed by atoms with E-state index in [1.807, 2.05) is 152 Å². The van der Waals surface area contributed by atoms with Gasteiger partial charge in [0.15, 0.2) is 5.58 Å². The highest BCUT2D eigenvalue weighted by Gasteiger charge is 2.38. The summed E-state index contributed by atoms with van der Waals surface area (Å²) in [6.07, 6.45) is 1.69. The summed E-state index contributed by atoms with van der Waals surface area (Å²) >= 11 is 0. The molecule has 0 saturated carbocycles.